The second kappa shape index (κ2) is 6.39. The summed E-state index contributed by atoms with van der Waals surface area (Å²) in [6, 6.07) is -0.118. The van der Waals surface area contributed by atoms with Crippen molar-refractivity contribution in [2.75, 3.05) is 14.1 Å². The standard InChI is InChI=1S/C14H27NO2/c1-10(2)13(15(4)5)14(16)17-12-8-6-7-11(3)9-12/h10-13H,6-9H2,1-5H3. The maximum Gasteiger partial charge on any atom is 0.323 e. The van der Waals surface area contributed by atoms with Crippen molar-refractivity contribution in [3.63, 3.8) is 0 Å². The van der Waals surface area contributed by atoms with Gasteiger partial charge in [0, 0.05) is 0 Å². The van der Waals surface area contributed by atoms with Crippen LogP contribution < -0.4 is 0 Å². The number of esters is 1. The number of carbonyl (C=O) groups is 1. The van der Waals surface area contributed by atoms with Crippen LogP contribution in [-0.2, 0) is 9.53 Å². The first-order valence-corrected chi connectivity index (χ1v) is 6.78. The van der Waals surface area contributed by atoms with E-state index in [1.165, 1.54) is 12.8 Å². The average molecular weight is 241 g/mol. The van der Waals surface area contributed by atoms with Crippen LogP contribution >= 0.6 is 0 Å². The van der Waals surface area contributed by atoms with Gasteiger partial charge in [-0.2, -0.15) is 0 Å². The Bertz CT molecular complexity index is 243. The van der Waals surface area contributed by atoms with E-state index in [1.54, 1.807) is 0 Å². The van der Waals surface area contributed by atoms with E-state index in [4.69, 9.17) is 4.74 Å². The molecule has 0 aliphatic heterocycles. The summed E-state index contributed by atoms with van der Waals surface area (Å²) >= 11 is 0. The molecule has 0 radical (unpaired) electrons. The molecule has 1 aliphatic carbocycles. The van der Waals surface area contributed by atoms with Crippen LogP contribution in [0.4, 0.5) is 0 Å². The first kappa shape index (κ1) is 14.5. The fourth-order valence-corrected chi connectivity index (χ4v) is 2.80. The third kappa shape index (κ3) is 4.30. The minimum Gasteiger partial charge on any atom is -0.461 e. The van der Waals surface area contributed by atoms with Crippen LogP contribution in [-0.4, -0.2) is 37.1 Å². The van der Waals surface area contributed by atoms with Crippen LogP contribution in [0, 0.1) is 11.8 Å². The van der Waals surface area contributed by atoms with E-state index in [0.717, 1.165) is 12.8 Å². The zero-order valence-electron chi connectivity index (χ0n) is 11.9. The monoisotopic (exact) mass is 241 g/mol. The Morgan fingerprint density at radius 1 is 1.29 bits per heavy atom. The lowest BCUT2D eigenvalue weighted by molar-refractivity contribution is -0.158. The lowest BCUT2D eigenvalue weighted by atomic mass is 9.88. The van der Waals surface area contributed by atoms with Gasteiger partial charge in [0.1, 0.15) is 12.1 Å². The zero-order chi connectivity index (χ0) is 13.0. The molecule has 3 unspecified atom stereocenters. The van der Waals surface area contributed by atoms with Gasteiger partial charge in [-0.3, -0.25) is 9.69 Å². The van der Waals surface area contributed by atoms with Crippen LogP contribution in [0.25, 0.3) is 0 Å². The lowest BCUT2D eigenvalue weighted by Gasteiger charge is -2.31. The van der Waals surface area contributed by atoms with Gasteiger partial charge < -0.3 is 4.74 Å². The Balaban J connectivity index is 2.51. The van der Waals surface area contributed by atoms with Crippen LogP contribution in [0.2, 0.25) is 0 Å². The van der Waals surface area contributed by atoms with Crippen molar-refractivity contribution < 1.29 is 9.53 Å². The largest absolute Gasteiger partial charge is 0.461 e. The predicted octanol–water partition coefficient (Wildman–Crippen LogP) is 2.69. The molecule has 3 atom stereocenters. The topological polar surface area (TPSA) is 29.5 Å². The molecule has 17 heavy (non-hydrogen) atoms. The Hall–Kier alpha value is -0.570. The van der Waals surface area contributed by atoms with Gasteiger partial charge in [0.05, 0.1) is 0 Å². The minimum absolute atomic E-state index is 0.0518. The second-order valence-electron chi connectivity index (χ2n) is 5.98. The molecule has 100 valence electrons. The molecule has 3 heteroatoms. The maximum atomic E-state index is 12.1. The van der Waals surface area contributed by atoms with E-state index in [0.29, 0.717) is 11.8 Å². The molecule has 0 aromatic heterocycles. The van der Waals surface area contributed by atoms with Gasteiger partial charge in [-0.15, -0.1) is 0 Å². The second-order valence-corrected chi connectivity index (χ2v) is 5.98. The van der Waals surface area contributed by atoms with Crippen LogP contribution in [0.3, 0.4) is 0 Å². The summed E-state index contributed by atoms with van der Waals surface area (Å²) in [4.78, 5) is 14.1. The number of ether oxygens (including phenoxy) is 1. The van der Waals surface area contributed by atoms with E-state index in [2.05, 4.69) is 20.8 Å². The summed E-state index contributed by atoms with van der Waals surface area (Å²) in [5.41, 5.74) is 0. The number of hydrogen-bond acceptors (Lipinski definition) is 3. The van der Waals surface area contributed by atoms with Gasteiger partial charge >= 0.3 is 5.97 Å². The van der Waals surface area contributed by atoms with E-state index < -0.39 is 0 Å². The fraction of sp³-hybridized carbons (Fsp3) is 0.929. The summed E-state index contributed by atoms with van der Waals surface area (Å²) in [5.74, 6) is 0.932. The van der Waals surface area contributed by atoms with Crippen molar-refractivity contribution in [3.05, 3.63) is 0 Å². The third-order valence-electron chi connectivity index (χ3n) is 3.60. The molecule has 0 bridgehead atoms. The molecule has 3 nitrogen and oxygen atoms in total. The number of hydrogen-bond donors (Lipinski definition) is 0. The lowest BCUT2D eigenvalue weighted by Crippen LogP contribution is -2.43. The van der Waals surface area contributed by atoms with Crippen molar-refractivity contribution in [2.45, 2.75) is 58.6 Å². The van der Waals surface area contributed by atoms with Gasteiger partial charge in [-0.25, -0.2) is 0 Å². The maximum absolute atomic E-state index is 12.1. The van der Waals surface area contributed by atoms with Crippen molar-refractivity contribution in [1.82, 2.24) is 4.90 Å². The van der Waals surface area contributed by atoms with Crippen molar-refractivity contribution in [1.29, 1.82) is 0 Å². The van der Waals surface area contributed by atoms with Gasteiger partial charge in [-0.1, -0.05) is 27.2 Å². The van der Waals surface area contributed by atoms with Gasteiger partial charge in [0.25, 0.3) is 0 Å². The third-order valence-corrected chi connectivity index (χ3v) is 3.60. The van der Waals surface area contributed by atoms with Crippen molar-refractivity contribution >= 4 is 5.97 Å². The summed E-state index contributed by atoms with van der Waals surface area (Å²) in [6.45, 7) is 6.37. The van der Waals surface area contributed by atoms with Crippen LogP contribution in [0.1, 0.15) is 46.5 Å². The molecule has 1 saturated carbocycles. The molecule has 1 fully saturated rings. The quantitative estimate of drug-likeness (QED) is 0.709. The van der Waals surface area contributed by atoms with E-state index in [9.17, 15) is 4.79 Å². The predicted molar refractivity (Wildman–Crippen MR) is 69.8 cm³/mol. The molecule has 0 aromatic carbocycles. The normalized spacial score (nSPS) is 27.2. The van der Waals surface area contributed by atoms with Crippen molar-refractivity contribution in [2.24, 2.45) is 11.8 Å². The highest BCUT2D eigenvalue weighted by atomic mass is 16.5. The fourth-order valence-electron chi connectivity index (χ4n) is 2.80. The first-order chi connectivity index (χ1) is 7.91. The number of carbonyl (C=O) groups excluding carboxylic acids is 1. The summed E-state index contributed by atoms with van der Waals surface area (Å²) in [5, 5.41) is 0. The Labute approximate surface area is 106 Å². The number of likely N-dealkylation sites (N-methyl/N-ethyl adjacent to an activating group) is 1. The van der Waals surface area contributed by atoms with Gasteiger partial charge in [-0.05, 0) is 45.2 Å². The van der Waals surface area contributed by atoms with Gasteiger partial charge in [0.15, 0.2) is 0 Å². The molecule has 0 amide bonds. The zero-order valence-corrected chi connectivity index (χ0v) is 11.9. The summed E-state index contributed by atoms with van der Waals surface area (Å²) < 4.78 is 5.67. The van der Waals surface area contributed by atoms with E-state index in [1.807, 2.05) is 19.0 Å². The molecule has 0 N–H and O–H groups in total. The SMILES string of the molecule is CC1CCCC(OC(=O)C(C(C)C)N(C)C)C1. The molecular formula is C14H27NO2. The Morgan fingerprint density at radius 3 is 2.41 bits per heavy atom. The molecule has 0 aromatic rings. The van der Waals surface area contributed by atoms with Crippen molar-refractivity contribution in [3.8, 4) is 0 Å². The van der Waals surface area contributed by atoms with Crippen LogP contribution in [0.15, 0.2) is 0 Å². The number of rotatable bonds is 4. The first-order valence-electron chi connectivity index (χ1n) is 6.78. The Kier molecular flexibility index (Phi) is 5.44. The highest BCUT2D eigenvalue weighted by Gasteiger charge is 2.29. The summed E-state index contributed by atoms with van der Waals surface area (Å²) in [6.07, 6.45) is 4.67. The minimum atomic E-state index is -0.118. The number of nitrogens with zero attached hydrogens (tertiary/aromatic N) is 1. The van der Waals surface area contributed by atoms with E-state index >= 15 is 0 Å². The molecular weight excluding hydrogens is 214 g/mol. The molecule has 0 heterocycles. The summed E-state index contributed by atoms with van der Waals surface area (Å²) in [7, 11) is 3.88. The highest BCUT2D eigenvalue weighted by Crippen LogP contribution is 2.26. The molecule has 0 spiro atoms. The van der Waals surface area contributed by atoms with Crippen LogP contribution in [0.5, 0.6) is 0 Å². The molecule has 0 saturated heterocycles. The van der Waals surface area contributed by atoms with E-state index in [-0.39, 0.29) is 18.1 Å². The molecule has 1 aliphatic rings. The Morgan fingerprint density at radius 2 is 1.94 bits per heavy atom. The average Bonchev–Trinajstić information content (AvgIpc) is 2.15. The van der Waals surface area contributed by atoms with Gasteiger partial charge in [0.2, 0.25) is 0 Å². The smallest absolute Gasteiger partial charge is 0.323 e. The highest BCUT2D eigenvalue weighted by molar-refractivity contribution is 5.76. The molecule has 1 rings (SSSR count).